The second-order valence-electron chi connectivity index (χ2n) is 5.06. The number of carbonyl (C=O) groups excluding carboxylic acids is 1. The zero-order valence-corrected chi connectivity index (χ0v) is 15.5. The molecular weight excluding hydrogens is 423 g/mol. The summed E-state index contributed by atoms with van der Waals surface area (Å²) in [7, 11) is 3.09. The third-order valence-corrected chi connectivity index (χ3v) is 4.36. The normalized spacial score (nSPS) is 10.7. The van der Waals surface area contributed by atoms with Gasteiger partial charge in [0, 0.05) is 22.2 Å². The topological polar surface area (TPSA) is 73.6 Å². The first-order chi connectivity index (χ1) is 11.5. The van der Waals surface area contributed by atoms with Crippen molar-refractivity contribution >= 4 is 45.3 Å². The van der Waals surface area contributed by atoms with Gasteiger partial charge in [-0.1, -0.05) is 0 Å². The van der Waals surface area contributed by atoms with Crippen LogP contribution in [0.3, 0.4) is 0 Å². The number of methoxy groups -OCH3 is 2. The molecule has 1 heterocycles. The van der Waals surface area contributed by atoms with Crippen LogP contribution in [0, 0.1) is 10.5 Å². The van der Waals surface area contributed by atoms with Crippen LogP contribution >= 0.6 is 22.6 Å². The summed E-state index contributed by atoms with van der Waals surface area (Å²) < 4.78 is 16.7. The summed E-state index contributed by atoms with van der Waals surface area (Å²) in [5.41, 5.74) is 2.52. The SMILES string of the molecule is COc1cc(I)c(C(=O)Nc2ccc3nc(C)oc3c2)cc1OC. The zero-order valence-electron chi connectivity index (χ0n) is 13.3. The number of oxazole rings is 1. The quantitative estimate of drug-likeness (QED) is 0.624. The molecule has 3 aromatic rings. The van der Waals surface area contributed by atoms with Crippen molar-refractivity contribution in [3.63, 3.8) is 0 Å². The molecule has 0 unspecified atom stereocenters. The van der Waals surface area contributed by atoms with Crippen molar-refractivity contribution in [2.24, 2.45) is 0 Å². The Morgan fingerprint density at radius 3 is 2.58 bits per heavy atom. The van der Waals surface area contributed by atoms with Crippen LogP contribution in [0.25, 0.3) is 11.1 Å². The van der Waals surface area contributed by atoms with E-state index >= 15 is 0 Å². The Morgan fingerprint density at radius 2 is 1.88 bits per heavy atom. The largest absolute Gasteiger partial charge is 0.493 e. The molecule has 124 valence electrons. The number of halogens is 1. The highest BCUT2D eigenvalue weighted by molar-refractivity contribution is 14.1. The molecule has 6 nitrogen and oxygen atoms in total. The van der Waals surface area contributed by atoms with Gasteiger partial charge in [0.25, 0.3) is 5.91 Å². The van der Waals surface area contributed by atoms with Crippen LogP contribution in [0.15, 0.2) is 34.7 Å². The summed E-state index contributed by atoms with van der Waals surface area (Å²) in [6.07, 6.45) is 0. The summed E-state index contributed by atoms with van der Waals surface area (Å²) in [6, 6.07) is 8.77. The Labute approximate surface area is 152 Å². The van der Waals surface area contributed by atoms with E-state index in [4.69, 9.17) is 13.9 Å². The molecule has 0 aliphatic heterocycles. The van der Waals surface area contributed by atoms with E-state index in [2.05, 4.69) is 32.9 Å². The molecule has 0 aliphatic carbocycles. The fourth-order valence-electron chi connectivity index (χ4n) is 2.34. The van der Waals surface area contributed by atoms with Gasteiger partial charge < -0.3 is 19.2 Å². The Morgan fingerprint density at radius 1 is 1.17 bits per heavy atom. The number of hydrogen-bond acceptors (Lipinski definition) is 5. The van der Waals surface area contributed by atoms with Gasteiger partial charge in [0.05, 0.1) is 19.8 Å². The first-order valence-electron chi connectivity index (χ1n) is 7.12. The lowest BCUT2D eigenvalue weighted by molar-refractivity contribution is 0.102. The van der Waals surface area contributed by atoms with Crippen LogP contribution in [-0.2, 0) is 0 Å². The maximum absolute atomic E-state index is 12.6. The number of benzene rings is 2. The minimum absolute atomic E-state index is 0.240. The standard InChI is InChI=1S/C17H15IN2O4/c1-9-19-13-5-4-10(6-14(13)24-9)20-17(21)11-7-15(22-2)16(23-3)8-12(11)18/h4-8H,1-3H3,(H,20,21). The monoisotopic (exact) mass is 438 g/mol. The Bertz CT molecular complexity index is 920. The summed E-state index contributed by atoms with van der Waals surface area (Å²) in [5.74, 6) is 1.43. The van der Waals surface area contributed by atoms with Crippen molar-refractivity contribution in [1.82, 2.24) is 4.98 Å². The maximum Gasteiger partial charge on any atom is 0.256 e. The lowest BCUT2D eigenvalue weighted by Crippen LogP contribution is -2.13. The molecule has 0 aliphatic rings. The van der Waals surface area contributed by atoms with E-state index in [0.717, 1.165) is 9.09 Å². The van der Waals surface area contributed by atoms with Gasteiger partial charge in [-0.2, -0.15) is 0 Å². The van der Waals surface area contributed by atoms with Gasteiger partial charge in [0.15, 0.2) is 23.0 Å². The molecule has 3 rings (SSSR count). The number of nitrogens with zero attached hydrogens (tertiary/aromatic N) is 1. The van der Waals surface area contributed by atoms with Crippen molar-refractivity contribution in [2.75, 3.05) is 19.5 Å². The molecule has 7 heteroatoms. The average Bonchev–Trinajstić information content (AvgIpc) is 2.93. The number of aromatic nitrogens is 1. The predicted octanol–water partition coefficient (Wildman–Crippen LogP) is 4.01. The van der Waals surface area contributed by atoms with E-state index in [0.29, 0.717) is 34.2 Å². The highest BCUT2D eigenvalue weighted by Crippen LogP contribution is 2.32. The van der Waals surface area contributed by atoms with Gasteiger partial charge in [-0.05, 0) is 46.9 Å². The summed E-state index contributed by atoms with van der Waals surface area (Å²) in [6.45, 7) is 1.78. The van der Waals surface area contributed by atoms with Crippen molar-refractivity contribution in [2.45, 2.75) is 6.92 Å². The summed E-state index contributed by atoms with van der Waals surface area (Å²) in [4.78, 5) is 16.8. The number of aryl methyl sites for hydroxylation is 1. The summed E-state index contributed by atoms with van der Waals surface area (Å²) >= 11 is 2.09. The van der Waals surface area contributed by atoms with Crippen molar-refractivity contribution in [3.05, 3.63) is 45.4 Å². The van der Waals surface area contributed by atoms with Gasteiger partial charge >= 0.3 is 0 Å². The molecule has 0 spiro atoms. The molecule has 0 bridgehead atoms. The summed E-state index contributed by atoms with van der Waals surface area (Å²) in [5, 5.41) is 2.86. The second kappa shape index (κ2) is 6.68. The van der Waals surface area contributed by atoms with E-state index in [1.807, 2.05) is 0 Å². The highest BCUT2D eigenvalue weighted by atomic mass is 127. The van der Waals surface area contributed by atoms with Crippen molar-refractivity contribution < 1.29 is 18.7 Å². The molecule has 0 saturated carbocycles. The molecule has 1 aromatic heterocycles. The van der Waals surface area contributed by atoms with Crippen LogP contribution in [0.4, 0.5) is 5.69 Å². The molecular formula is C17H15IN2O4. The van der Waals surface area contributed by atoms with Gasteiger partial charge in [-0.25, -0.2) is 4.98 Å². The molecule has 1 N–H and O–H groups in total. The van der Waals surface area contributed by atoms with Crippen LogP contribution in [-0.4, -0.2) is 25.1 Å². The minimum Gasteiger partial charge on any atom is -0.493 e. The van der Waals surface area contributed by atoms with E-state index in [9.17, 15) is 4.79 Å². The third-order valence-electron chi connectivity index (χ3n) is 3.47. The minimum atomic E-state index is -0.240. The highest BCUT2D eigenvalue weighted by Gasteiger charge is 2.16. The Kier molecular flexibility index (Phi) is 4.61. The van der Waals surface area contributed by atoms with Crippen molar-refractivity contribution in [1.29, 1.82) is 0 Å². The molecule has 2 aromatic carbocycles. The van der Waals surface area contributed by atoms with Crippen molar-refractivity contribution in [3.8, 4) is 11.5 Å². The number of carbonyl (C=O) groups is 1. The van der Waals surface area contributed by atoms with E-state index in [-0.39, 0.29) is 5.91 Å². The molecule has 0 radical (unpaired) electrons. The molecule has 0 saturated heterocycles. The second-order valence-corrected chi connectivity index (χ2v) is 6.22. The number of fused-ring (bicyclic) bond motifs is 1. The number of rotatable bonds is 4. The van der Waals surface area contributed by atoms with Crippen LogP contribution < -0.4 is 14.8 Å². The van der Waals surface area contributed by atoms with Crippen LogP contribution in [0.2, 0.25) is 0 Å². The number of amides is 1. The van der Waals surface area contributed by atoms with Gasteiger partial charge in [-0.3, -0.25) is 4.79 Å². The molecule has 0 atom stereocenters. The lowest BCUT2D eigenvalue weighted by atomic mass is 10.1. The Balaban J connectivity index is 1.90. The first-order valence-corrected chi connectivity index (χ1v) is 8.19. The maximum atomic E-state index is 12.6. The predicted molar refractivity (Wildman–Crippen MR) is 99.0 cm³/mol. The van der Waals surface area contributed by atoms with E-state index in [1.165, 1.54) is 7.11 Å². The van der Waals surface area contributed by atoms with E-state index in [1.54, 1.807) is 44.4 Å². The lowest BCUT2D eigenvalue weighted by Gasteiger charge is -2.12. The fraction of sp³-hybridized carbons (Fsp3) is 0.176. The van der Waals surface area contributed by atoms with Crippen LogP contribution in [0.1, 0.15) is 16.2 Å². The number of anilines is 1. The smallest absolute Gasteiger partial charge is 0.256 e. The van der Waals surface area contributed by atoms with Gasteiger partial charge in [0.1, 0.15) is 5.52 Å². The first kappa shape index (κ1) is 16.6. The zero-order chi connectivity index (χ0) is 17.3. The molecule has 1 amide bonds. The number of ether oxygens (including phenoxy) is 2. The Hall–Kier alpha value is -2.29. The van der Waals surface area contributed by atoms with E-state index < -0.39 is 0 Å². The number of hydrogen-bond donors (Lipinski definition) is 1. The third kappa shape index (κ3) is 3.16. The van der Waals surface area contributed by atoms with Gasteiger partial charge in [0.2, 0.25) is 0 Å². The molecule has 0 fully saturated rings. The average molecular weight is 438 g/mol. The fourth-order valence-corrected chi connectivity index (χ4v) is 3.03. The number of nitrogens with one attached hydrogen (secondary N) is 1. The van der Waals surface area contributed by atoms with Crippen LogP contribution in [0.5, 0.6) is 11.5 Å². The van der Waals surface area contributed by atoms with Gasteiger partial charge in [-0.15, -0.1) is 0 Å². The molecule has 24 heavy (non-hydrogen) atoms.